The van der Waals surface area contributed by atoms with Gasteiger partial charge in [-0.3, -0.25) is 10.2 Å². The highest BCUT2D eigenvalue weighted by Gasteiger charge is 2.11. The van der Waals surface area contributed by atoms with Gasteiger partial charge in [0.15, 0.2) is 0 Å². The van der Waals surface area contributed by atoms with E-state index in [1.54, 1.807) is 0 Å². The van der Waals surface area contributed by atoms with Gasteiger partial charge in [0.1, 0.15) is 12.4 Å². The number of hydrogen-bond donors (Lipinski definition) is 1. The van der Waals surface area contributed by atoms with E-state index in [0.717, 1.165) is 44.1 Å². The summed E-state index contributed by atoms with van der Waals surface area (Å²) in [5.74, 6) is 0.843. The number of benzene rings is 1. The number of likely N-dealkylation sites (tertiary alicyclic amines) is 1. The molecule has 2 rings (SSSR count). The van der Waals surface area contributed by atoms with Gasteiger partial charge in [-0.1, -0.05) is 51.9 Å². The number of carbonyl (C=O) groups is 1. The second-order valence-electron chi connectivity index (χ2n) is 7.66. The van der Waals surface area contributed by atoms with E-state index in [4.69, 9.17) is 9.47 Å². The summed E-state index contributed by atoms with van der Waals surface area (Å²) in [4.78, 5) is 14.2. The third kappa shape index (κ3) is 9.98. The molecule has 5 heteroatoms. The molecular weight excluding hydrogens is 352 g/mol. The molecular formula is C23H38N2O3. The number of carbonyl (C=O) groups excluding carboxylic acids is 1. The Morgan fingerprint density at radius 3 is 2.25 bits per heavy atom. The Hall–Kier alpha value is -1.75. The van der Waals surface area contributed by atoms with Crippen molar-refractivity contribution in [2.24, 2.45) is 0 Å². The average Bonchev–Trinajstić information content (AvgIpc) is 3.21. The Labute approximate surface area is 170 Å². The molecule has 1 aromatic rings. The van der Waals surface area contributed by atoms with E-state index in [1.807, 2.05) is 24.3 Å². The number of unbranched alkanes of at least 4 members (excludes halogenated alkanes) is 7. The molecule has 1 N–H and O–H groups in total. The Balaban J connectivity index is 1.50. The average molecular weight is 391 g/mol. The van der Waals surface area contributed by atoms with Crippen molar-refractivity contribution in [3.8, 4) is 5.75 Å². The van der Waals surface area contributed by atoms with E-state index in [0.29, 0.717) is 6.61 Å². The van der Waals surface area contributed by atoms with Crippen LogP contribution < -0.4 is 10.1 Å². The molecule has 0 radical (unpaired) electrons. The first-order valence-electron chi connectivity index (χ1n) is 11.2. The van der Waals surface area contributed by atoms with Crippen LogP contribution in [0.25, 0.3) is 0 Å². The SMILES string of the molecule is CCCCCCCCCCOc1ccc(NC(=O)OCCN2CCCC2)cc1. The molecule has 1 saturated heterocycles. The number of hydrogen-bond acceptors (Lipinski definition) is 4. The predicted octanol–water partition coefficient (Wildman–Crippen LogP) is 5.85. The number of anilines is 1. The van der Waals surface area contributed by atoms with E-state index in [1.165, 1.54) is 57.8 Å². The molecule has 0 saturated carbocycles. The van der Waals surface area contributed by atoms with E-state index < -0.39 is 6.09 Å². The summed E-state index contributed by atoms with van der Waals surface area (Å²) in [6.45, 7) is 6.49. The number of nitrogens with one attached hydrogen (secondary N) is 1. The monoisotopic (exact) mass is 390 g/mol. The third-order valence-electron chi connectivity index (χ3n) is 5.21. The van der Waals surface area contributed by atoms with Gasteiger partial charge >= 0.3 is 6.09 Å². The van der Waals surface area contributed by atoms with Gasteiger partial charge in [-0.25, -0.2) is 4.79 Å². The van der Waals surface area contributed by atoms with Crippen LogP contribution in [-0.2, 0) is 4.74 Å². The zero-order valence-electron chi connectivity index (χ0n) is 17.6. The highest BCUT2D eigenvalue weighted by molar-refractivity contribution is 5.84. The quantitative estimate of drug-likeness (QED) is 0.405. The number of nitrogens with zero attached hydrogens (tertiary/aromatic N) is 1. The van der Waals surface area contributed by atoms with Crippen LogP contribution in [0.2, 0.25) is 0 Å². The van der Waals surface area contributed by atoms with Crippen molar-refractivity contribution < 1.29 is 14.3 Å². The molecule has 158 valence electrons. The molecule has 0 spiro atoms. The molecule has 1 aliphatic heterocycles. The van der Waals surface area contributed by atoms with Crippen LogP contribution in [0.3, 0.4) is 0 Å². The lowest BCUT2D eigenvalue weighted by Gasteiger charge is -2.14. The summed E-state index contributed by atoms with van der Waals surface area (Å²) in [5, 5.41) is 2.76. The smallest absolute Gasteiger partial charge is 0.411 e. The van der Waals surface area contributed by atoms with Crippen LogP contribution >= 0.6 is 0 Å². The maximum Gasteiger partial charge on any atom is 0.411 e. The minimum atomic E-state index is -0.396. The van der Waals surface area contributed by atoms with Crippen molar-refractivity contribution in [3.05, 3.63) is 24.3 Å². The van der Waals surface area contributed by atoms with Crippen LogP contribution in [-0.4, -0.2) is 43.8 Å². The maximum absolute atomic E-state index is 11.8. The predicted molar refractivity (Wildman–Crippen MR) is 115 cm³/mol. The summed E-state index contributed by atoms with van der Waals surface area (Å²) < 4.78 is 11.0. The second-order valence-corrected chi connectivity index (χ2v) is 7.66. The summed E-state index contributed by atoms with van der Waals surface area (Å²) in [6.07, 6.45) is 12.5. The molecule has 1 heterocycles. The van der Waals surface area contributed by atoms with Crippen molar-refractivity contribution >= 4 is 11.8 Å². The first-order valence-corrected chi connectivity index (χ1v) is 11.2. The summed E-state index contributed by atoms with van der Waals surface area (Å²) >= 11 is 0. The van der Waals surface area contributed by atoms with Crippen molar-refractivity contribution in [2.75, 3.05) is 38.2 Å². The van der Waals surface area contributed by atoms with Gasteiger partial charge in [-0.15, -0.1) is 0 Å². The Morgan fingerprint density at radius 1 is 0.929 bits per heavy atom. The Kier molecular flexibility index (Phi) is 11.5. The number of ether oxygens (including phenoxy) is 2. The van der Waals surface area contributed by atoms with Crippen molar-refractivity contribution in [1.82, 2.24) is 4.90 Å². The lowest BCUT2D eigenvalue weighted by molar-refractivity contribution is 0.146. The van der Waals surface area contributed by atoms with E-state index in [-0.39, 0.29) is 0 Å². The summed E-state index contributed by atoms with van der Waals surface area (Å²) in [7, 11) is 0. The van der Waals surface area contributed by atoms with Crippen LogP contribution in [0, 0.1) is 0 Å². The van der Waals surface area contributed by atoms with Crippen molar-refractivity contribution in [1.29, 1.82) is 0 Å². The van der Waals surface area contributed by atoms with Gasteiger partial charge in [0.2, 0.25) is 0 Å². The summed E-state index contributed by atoms with van der Waals surface area (Å²) in [5.41, 5.74) is 0.727. The lowest BCUT2D eigenvalue weighted by atomic mass is 10.1. The maximum atomic E-state index is 11.8. The normalized spacial score (nSPS) is 14.2. The first-order chi connectivity index (χ1) is 13.8. The molecule has 1 amide bonds. The molecule has 28 heavy (non-hydrogen) atoms. The molecule has 0 atom stereocenters. The van der Waals surface area contributed by atoms with E-state index >= 15 is 0 Å². The van der Waals surface area contributed by atoms with Gasteiger partial charge in [-0.2, -0.15) is 0 Å². The molecule has 0 aromatic heterocycles. The molecule has 0 unspecified atom stereocenters. The Morgan fingerprint density at radius 2 is 1.57 bits per heavy atom. The molecule has 1 aliphatic rings. The highest BCUT2D eigenvalue weighted by atomic mass is 16.5. The molecule has 1 fully saturated rings. The van der Waals surface area contributed by atoms with Crippen molar-refractivity contribution in [3.63, 3.8) is 0 Å². The fraction of sp³-hybridized carbons (Fsp3) is 0.696. The molecule has 1 aromatic carbocycles. The fourth-order valence-corrected chi connectivity index (χ4v) is 3.49. The highest BCUT2D eigenvalue weighted by Crippen LogP contribution is 2.17. The van der Waals surface area contributed by atoms with Gasteiger partial charge in [0, 0.05) is 12.2 Å². The fourth-order valence-electron chi connectivity index (χ4n) is 3.49. The molecule has 0 aliphatic carbocycles. The van der Waals surface area contributed by atoms with Crippen molar-refractivity contribution in [2.45, 2.75) is 71.1 Å². The zero-order valence-corrected chi connectivity index (χ0v) is 17.6. The number of rotatable bonds is 14. The largest absolute Gasteiger partial charge is 0.494 e. The number of amides is 1. The lowest BCUT2D eigenvalue weighted by Crippen LogP contribution is -2.26. The van der Waals surface area contributed by atoms with E-state index in [2.05, 4.69) is 17.1 Å². The molecule has 5 nitrogen and oxygen atoms in total. The van der Waals surface area contributed by atoms with Crippen LogP contribution in [0.5, 0.6) is 5.75 Å². The van der Waals surface area contributed by atoms with Crippen LogP contribution in [0.15, 0.2) is 24.3 Å². The Bertz CT molecular complexity index is 527. The third-order valence-corrected chi connectivity index (χ3v) is 5.21. The second kappa shape index (κ2) is 14.3. The minimum absolute atomic E-state index is 0.396. The van der Waals surface area contributed by atoms with Gasteiger partial charge in [0.25, 0.3) is 0 Å². The minimum Gasteiger partial charge on any atom is -0.494 e. The standard InChI is InChI=1S/C23H38N2O3/c1-2-3-4-5-6-7-8-11-19-27-22-14-12-21(13-15-22)24-23(26)28-20-18-25-16-9-10-17-25/h12-15H,2-11,16-20H2,1H3,(H,24,26). The zero-order chi connectivity index (χ0) is 19.9. The van der Waals surface area contributed by atoms with Crippen LogP contribution in [0.1, 0.15) is 71.1 Å². The van der Waals surface area contributed by atoms with Gasteiger partial charge in [-0.05, 0) is 56.6 Å². The van der Waals surface area contributed by atoms with E-state index in [9.17, 15) is 4.79 Å². The first kappa shape index (κ1) is 22.5. The van der Waals surface area contributed by atoms with Gasteiger partial charge < -0.3 is 9.47 Å². The topological polar surface area (TPSA) is 50.8 Å². The molecule has 0 bridgehead atoms. The summed E-state index contributed by atoms with van der Waals surface area (Å²) in [6, 6.07) is 7.49. The van der Waals surface area contributed by atoms with Crippen LogP contribution in [0.4, 0.5) is 10.5 Å². The van der Waals surface area contributed by atoms with Gasteiger partial charge in [0.05, 0.1) is 6.61 Å².